The molecular formula is C22H23N3O2S. The molecule has 2 heterocycles. The van der Waals surface area contributed by atoms with Crippen molar-refractivity contribution in [2.45, 2.75) is 38.5 Å². The minimum atomic E-state index is -0.169. The fourth-order valence-electron chi connectivity index (χ4n) is 3.29. The van der Waals surface area contributed by atoms with Gasteiger partial charge in [0.05, 0.1) is 10.7 Å². The van der Waals surface area contributed by atoms with E-state index in [1.54, 1.807) is 18.3 Å². The van der Waals surface area contributed by atoms with Crippen LogP contribution in [0.15, 0.2) is 48.7 Å². The quantitative estimate of drug-likeness (QED) is 0.597. The third-order valence-electron chi connectivity index (χ3n) is 4.72. The molecule has 1 amide bonds. The van der Waals surface area contributed by atoms with Crippen LogP contribution in [-0.2, 0) is 19.3 Å². The summed E-state index contributed by atoms with van der Waals surface area (Å²) in [6.45, 7) is 0.600. The van der Waals surface area contributed by atoms with Gasteiger partial charge in [-0.1, -0.05) is 18.2 Å². The van der Waals surface area contributed by atoms with Gasteiger partial charge in [-0.25, -0.2) is 9.97 Å². The highest BCUT2D eigenvalue weighted by Gasteiger charge is 2.16. The number of hydrogen-bond acceptors (Lipinski definition) is 5. The second-order valence-corrected chi connectivity index (χ2v) is 7.98. The van der Waals surface area contributed by atoms with Crippen LogP contribution in [0.2, 0.25) is 0 Å². The molecule has 0 aliphatic heterocycles. The van der Waals surface area contributed by atoms with Crippen LogP contribution >= 0.6 is 11.3 Å². The predicted octanol–water partition coefficient (Wildman–Crippen LogP) is 4.57. The first-order valence-electron chi connectivity index (χ1n) is 9.73. The van der Waals surface area contributed by atoms with E-state index in [9.17, 15) is 4.79 Å². The second-order valence-electron chi connectivity index (χ2n) is 6.82. The summed E-state index contributed by atoms with van der Waals surface area (Å²) in [5.74, 6) is 0.805. The highest BCUT2D eigenvalue weighted by atomic mass is 32.1. The van der Waals surface area contributed by atoms with E-state index in [-0.39, 0.29) is 5.91 Å². The molecule has 6 heteroatoms. The van der Waals surface area contributed by atoms with Gasteiger partial charge >= 0.3 is 0 Å². The summed E-state index contributed by atoms with van der Waals surface area (Å²) in [6.07, 6.45) is 8.22. The highest BCUT2D eigenvalue weighted by Crippen LogP contribution is 2.27. The van der Waals surface area contributed by atoms with E-state index in [1.165, 1.54) is 34.8 Å². The maximum atomic E-state index is 12.6. The molecule has 0 fully saturated rings. The van der Waals surface area contributed by atoms with Gasteiger partial charge in [-0.3, -0.25) is 4.79 Å². The van der Waals surface area contributed by atoms with Gasteiger partial charge in [0.2, 0.25) is 5.88 Å². The maximum Gasteiger partial charge on any atom is 0.256 e. The summed E-state index contributed by atoms with van der Waals surface area (Å²) in [7, 11) is 0. The molecule has 144 valence electrons. The van der Waals surface area contributed by atoms with Gasteiger partial charge in [0.15, 0.2) is 0 Å². The van der Waals surface area contributed by atoms with Gasteiger partial charge in [-0.05, 0) is 56.4 Å². The minimum absolute atomic E-state index is 0.169. The Kier molecular flexibility index (Phi) is 5.97. The average Bonchev–Trinajstić information content (AvgIpc) is 3.15. The summed E-state index contributed by atoms with van der Waals surface area (Å²) >= 11 is 1.84. The number of aryl methyl sites for hydroxylation is 3. The van der Waals surface area contributed by atoms with Gasteiger partial charge < -0.3 is 10.1 Å². The number of hydrogen-bond donors (Lipinski definition) is 1. The third kappa shape index (κ3) is 4.57. The topological polar surface area (TPSA) is 64.1 Å². The van der Waals surface area contributed by atoms with Crippen LogP contribution in [0.3, 0.4) is 0 Å². The number of aromatic nitrogens is 2. The van der Waals surface area contributed by atoms with Crippen LogP contribution in [0.4, 0.5) is 0 Å². The van der Waals surface area contributed by atoms with Crippen molar-refractivity contribution in [3.63, 3.8) is 0 Å². The Labute approximate surface area is 168 Å². The minimum Gasteiger partial charge on any atom is -0.438 e. The monoisotopic (exact) mass is 393 g/mol. The molecule has 0 saturated carbocycles. The van der Waals surface area contributed by atoms with Crippen molar-refractivity contribution in [1.29, 1.82) is 0 Å². The van der Waals surface area contributed by atoms with Crippen molar-refractivity contribution in [2.75, 3.05) is 6.54 Å². The lowest BCUT2D eigenvalue weighted by Crippen LogP contribution is -2.25. The summed E-state index contributed by atoms with van der Waals surface area (Å²) in [6, 6.07) is 12.8. The van der Waals surface area contributed by atoms with Crippen LogP contribution in [-0.4, -0.2) is 22.4 Å². The number of thiazole rings is 1. The Morgan fingerprint density at radius 3 is 2.82 bits per heavy atom. The standard InChI is InChI=1S/C22H23N3O2S/c26-21(17-10-6-15-24-22(17)27-16-8-2-1-3-9-16)23-14-7-13-20-25-18-11-4-5-12-19(18)28-20/h1-3,6,8-10,15H,4-5,7,11-14H2,(H,23,26). The number of amides is 1. The molecule has 4 rings (SSSR count). The molecular weight excluding hydrogens is 370 g/mol. The average molecular weight is 394 g/mol. The number of ether oxygens (including phenoxy) is 1. The first kappa shape index (κ1) is 18.6. The number of benzene rings is 1. The molecule has 0 spiro atoms. The van der Waals surface area contributed by atoms with Crippen LogP contribution in [0.25, 0.3) is 0 Å². The molecule has 5 nitrogen and oxygen atoms in total. The second kappa shape index (κ2) is 8.97. The van der Waals surface area contributed by atoms with Gasteiger partial charge in [-0.2, -0.15) is 0 Å². The molecule has 28 heavy (non-hydrogen) atoms. The van der Waals surface area contributed by atoms with Gasteiger partial charge in [0.1, 0.15) is 11.3 Å². The van der Waals surface area contributed by atoms with Crippen LogP contribution in [0.1, 0.15) is 45.2 Å². The SMILES string of the molecule is O=C(NCCCc1nc2c(s1)CCCC2)c1cccnc1Oc1ccccc1. The fraction of sp³-hybridized carbons (Fsp3) is 0.318. The van der Waals surface area contributed by atoms with E-state index >= 15 is 0 Å². The number of nitrogens with one attached hydrogen (secondary N) is 1. The van der Waals surface area contributed by atoms with Gasteiger partial charge in [0.25, 0.3) is 5.91 Å². The third-order valence-corrected chi connectivity index (χ3v) is 5.93. The zero-order chi connectivity index (χ0) is 19.2. The molecule has 1 aliphatic rings. The number of para-hydroxylation sites is 1. The van der Waals surface area contributed by atoms with E-state index in [4.69, 9.17) is 9.72 Å². The molecule has 1 N–H and O–H groups in total. The van der Waals surface area contributed by atoms with Crippen LogP contribution in [0, 0.1) is 0 Å². The van der Waals surface area contributed by atoms with Crippen LogP contribution < -0.4 is 10.1 Å². The molecule has 1 aromatic carbocycles. The lowest BCUT2D eigenvalue weighted by atomic mass is 10.0. The predicted molar refractivity (Wildman–Crippen MR) is 110 cm³/mol. The van der Waals surface area contributed by atoms with Crippen LogP contribution in [0.5, 0.6) is 11.6 Å². The van der Waals surface area contributed by atoms with E-state index in [0.29, 0.717) is 23.7 Å². The zero-order valence-corrected chi connectivity index (χ0v) is 16.5. The van der Waals surface area contributed by atoms with E-state index in [0.717, 1.165) is 19.3 Å². The number of rotatable bonds is 7. The molecule has 0 atom stereocenters. The van der Waals surface area contributed by atoms with Crippen molar-refractivity contribution in [2.24, 2.45) is 0 Å². The van der Waals surface area contributed by atoms with Gasteiger partial charge in [-0.15, -0.1) is 11.3 Å². The van der Waals surface area contributed by atoms with Crippen molar-refractivity contribution >= 4 is 17.2 Å². The summed E-state index contributed by atoms with van der Waals surface area (Å²) in [5.41, 5.74) is 1.74. The Morgan fingerprint density at radius 2 is 1.96 bits per heavy atom. The first-order valence-corrected chi connectivity index (χ1v) is 10.5. The summed E-state index contributed by atoms with van der Waals surface area (Å²) in [4.78, 5) is 23.0. The first-order chi connectivity index (χ1) is 13.8. The Hall–Kier alpha value is -2.73. The number of fused-ring (bicyclic) bond motifs is 1. The van der Waals surface area contributed by atoms with Crippen molar-refractivity contribution < 1.29 is 9.53 Å². The fourth-order valence-corrected chi connectivity index (χ4v) is 4.49. The number of carbonyl (C=O) groups excluding carboxylic acids is 1. The van der Waals surface area contributed by atoms with Crippen molar-refractivity contribution in [3.05, 3.63) is 69.8 Å². The molecule has 2 aromatic heterocycles. The molecule has 0 bridgehead atoms. The Bertz CT molecular complexity index is 916. The lowest BCUT2D eigenvalue weighted by molar-refractivity contribution is 0.0950. The number of carbonyl (C=O) groups is 1. The summed E-state index contributed by atoms with van der Waals surface area (Å²) < 4.78 is 5.77. The molecule has 3 aromatic rings. The molecule has 0 radical (unpaired) electrons. The highest BCUT2D eigenvalue weighted by molar-refractivity contribution is 7.11. The number of pyridine rings is 1. The lowest BCUT2D eigenvalue weighted by Gasteiger charge is -2.10. The Balaban J connectivity index is 1.31. The van der Waals surface area contributed by atoms with Crippen molar-refractivity contribution in [1.82, 2.24) is 15.3 Å². The molecule has 0 unspecified atom stereocenters. The van der Waals surface area contributed by atoms with Gasteiger partial charge in [0, 0.05) is 24.0 Å². The van der Waals surface area contributed by atoms with E-state index in [1.807, 2.05) is 41.7 Å². The smallest absolute Gasteiger partial charge is 0.256 e. The zero-order valence-electron chi connectivity index (χ0n) is 15.7. The molecule has 1 aliphatic carbocycles. The van der Waals surface area contributed by atoms with E-state index in [2.05, 4.69) is 10.3 Å². The molecule has 0 saturated heterocycles. The Morgan fingerprint density at radius 1 is 1.11 bits per heavy atom. The van der Waals surface area contributed by atoms with Crippen molar-refractivity contribution in [3.8, 4) is 11.6 Å². The maximum absolute atomic E-state index is 12.6. The number of nitrogens with zero attached hydrogens (tertiary/aromatic N) is 2. The normalized spacial score (nSPS) is 13.0. The van der Waals surface area contributed by atoms with E-state index < -0.39 is 0 Å². The summed E-state index contributed by atoms with van der Waals surface area (Å²) in [5, 5.41) is 4.17. The largest absolute Gasteiger partial charge is 0.438 e.